The molecule has 2 unspecified atom stereocenters. The van der Waals surface area contributed by atoms with E-state index in [0.29, 0.717) is 18.9 Å². The third-order valence-electron chi connectivity index (χ3n) is 4.40. The second kappa shape index (κ2) is 7.66. The van der Waals surface area contributed by atoms with Gasteiger partial charge in [0.25, 0.3) is 0 Å². The van der Waals surface area contributed by atoms with Crippen LogP contribution in [0.15, 0.2) is 0 Å². The number of carboxylic acids is 1. The molecule has 1 fully saturated rings. The third-order valence-corrected chi connectivity index (χ3v) is 4.40. The molecule has 0 spiro atoms. The number of urea groups is 1. The highest BCUT2D eigenvalue weighted by molar-refractivity contribution is 5.74. The molecule has 1 rings (SSSR count). The minimum absolute atomic E-state index is 0.0505. The number of rotatable bonds is 8. The van der Waals surface area contributed by atoms with Gasteiger partial charge in [-0.2, -0.15) is 0 Å². The van der Waals surface area contributed by atoms with Crippen molar-refractivity contribution in [2.75, 3.05) is 6.54 Å². The molecular weight excluding hydrogens is 268 g/mol. The zero-order chi connectivity index (χ0) is 16.0. The van der Waals surface area contributed by atoms with Gasteiger partial charge >= 0.3 is 12.0 Å². The summed E-state index contributed by atoms with van der Waals surface area (Å²) in [6.07, 6.45) is 4.07. The molecule has 21 heavy (non-hydrogen) atoms. The van der Waals surface area contributed by atoms with Crippen LogP contribution >= 0.6 is 0 Å². The molecule has 122 valence electrons. The fourth-order valence-corrected chi connectivity index (χ4v) is 2.64. The molecule has 0 saturated heterocycles. The zero-order valence-electron chi connectivity index (χ0n) is 13.7. The third kappa shape index (κ3) is 7.34. The Morgan fingerprint density at radius 1 is 1.24 bits per heavy atom. The van der Waals surface area contributed by atoms with Gasteiger partial charge in [0.05, 0.1) is 0 Å². The number of amides is 2. The van der Waals surface area contributed by atoms with Crippen LogP contribution in [0.1, 0.15) is 59.8 Å². The number of carbonyl (C=O) groups excluding carboxylic acids is 1. The van der Waals surface area contributed by atoms with E-state index in [1.807, 2.05) is 6.92 Å². The van der Waals surface area contributed by atoms with Crippen LogP contribution in [0.2, 0.25) is 0 Å². The van der Waals surface area contributed by atoms with Crippen LogP contribution in [0, 0.1) is 17.3 Å². The van der Waals surface area contributed by atoms with E-state index >= 15 is 0 Å². The molecule has 2 atom stereocenters. The number of hydrogen-bond acceptors (Lipinski definition) is 2. The maximum absolute atomic E-state index is 11.8. The Balaban J connectivity index is 2.28. The Kier molecular flexibility index (Phi) is 6.49. The molecule has 0 bridgehead atoms. The van der Waals surface area contributed by atoms with Crippen molar-refractivity contribution in [3.63, 3.8) is 0 Å². The number of aliphatic carboxylic acids is 1. The van der Waals surface area contributed by atoms with Gasteiger partial charge in [-0.25, -0.2) is 4.79 Å². The highest BCUT2D eigenvalue weighted by Crippen LogP contribution is 2.33. The summed E-state index contributed by atoms with van der Waals surface area (Å²) in [4.78, 5) is 22.5. The van der Waals surface area contributed by atoms with E-state index in [2.05, 4.69) is 31.4 Å². The van der Waals surface area contributed by atoms with Crippen LogP contribution < -0.4 is 10.6 Å². The van der Waals surface area contributed by atoms with Gasteiger partial charge in [0, 0.05) is 19.0 Å². The first-order valence-corrected chi connectivity index (χ1v) is 7.96. The van der Waals surface area contributed by atoms with E-state index in [1.54, 1.807) is 0 Å². The quantitative estimate of drug-likeness (QED) is 0.644. The first kappa shape index (κ1) is 17.8. The molecule has 5 heteroatoms. The highest BCUT2D eigenvalue weighted by Gasteiger charge is 2.29. The van der Waals surface area contributed by atoms with Crippen LogP contribution in [0.3, 0.4) is 0 Å². The topological polar surface area (TPSA) is 78.4 Å². The van der Waals surface area contributed by atoms with Crippen molar-refractivity contribution in [2.45, 2.75) is 65.8 Å². The average Bonchev–Trinajstić information content (AvgIpc) is 3.15. The average molecular weight is 298 g/mol. The zero-order valence-corrected chi connectivity index (χ0v) is 13.7. The second-order valence-corrected chi connectivity index (χ2v) is 7.31. The van der Waals surface area contributed by atoms with Crippen molar-refractivity contribution < 1.29 is 14.7 Å². The van der Waals surface area contributed by atoms with Gasteiger partial charge in [0.1, 0.15) is 0 Å². The van der Waals surface area contributed by atoms with Crippen molar-refractivity contribution in [1.82, 2.24) is 10.6 Å². The van der Waals surface area contributed by atoms with E-state index in [4.69, 9.17) is 5.11 Å². The molecule has 1 aliphatic carbocycles. The fourth-order valence-electron chi connectivity index (χ4n) is 2.64. The SMILES string of the molecule is CC(NC(=O)NCCC(CCC(=O)O)C(C)(C)C)C1CC1. The normalized spacial score (nSPS) is 17.9. The van der Waals surface area contributed by atoms with E-state index in [1.165, 1.54) is 12.8 Å². The lowest BCUT2D eigenvalue weighted by molar-refractivity contribution is -0.137. The van der Waals surface area contributed by atoms with Crippen LogP contribution in [0.4, 0.5) is 4.79 Å². The summed E-state index contributed by atoms with van der Waals surface area (Å²) in [5, 5.41) is 14.7. The summed E-state index contributed by atoms with van der Waals surface area (Å²) in [7, 11) is 0. The van der Waals surface area contributed by atoms with Gasteiger partial charge in [0.2, 0.25) is 0 Å². The number of hydrogen-bond donors (Lipinski definition) is 3. The lowest BCUT2D eigenvalue weighted by Crippen LogP contribution is -2.42. The number of carbonyl (C=O) groups is 2. The van der Waals surface area contributed by atoms with Gasteiger partial charge in [-0.05, 0) is 49.9 Å². The number of carboxylic acid groups (broad SMARTS) is 1. The van der Waals surface area contributed by atoms with Gasteiger partial charge in [0.15, 0.2) is 0 Å². The summed E-state index contributed by atoms with van der Waals surface area (Å²) in [6, 6.07) is 0.135. The predicted molar refractivity (Wildman–Crippen MR) is 83.2 cm³/mol. The molecule has 0 aliphatic heterocycles. The van der Waals surface area contributed by atoms with Crippen molar-refractivity contribution in [3.8, 4) is 0 Å². The minimum atomic E-state index is -0.756. The summed E-state index contributed by atoms with van der Waals surface area (Å²) in [6.45, 7) is 8.99. The van der Waals surface area contributed by atoms with E-state index in [9.17, 15) is 9.59 Å². The second-order valence-electron chi connectivity index (χ2n) is 7.31. The summed E-state index contributed by atoms with van der Waals surface area (Å²) in [5.74, 6) is 0.177. The monoisotopic (exact) mass is 298 g/mol. The Labute approximate surface area is 127 Å². The summed E-state index contributed by atoms with van der Waals surface area (Å²) < 4.78 is 0. The predicted octanol–water partition coefficient (Wildman–Crippen LogP) is 3.00. The van der Waals surface area contributed by atoms with Crippen molar-refractivity contribution in [2.24, 2.45) is 17.3 Å². The van der Waals surface area contributed by atoms with Gasteiger partial charge < -0.3 is 15.7 Å². The Morgan fingerprint density at radius 3 is 2.33 bits per heavy atom. The highest BCUT2D eigenvalue weighted by atomic mass is 16.4. The Hall–Kier alpha value is -1.26. The largest absolute Gasteiger partial charge is 0.481 e. The van der Waals surface area contributed by atoms with Crippen molar-refractivity contribution in [1.29, 1.82) is 0 Å². The van der Waals surface area contributed by atoms with Gasteiger partial charge in [-0.3, -0.25) is 4.79 Å². The lowest BCUT2D eigenvalue weighted by atomic mass is 9.76. The molecule has 0 aromatic rings. The van der Waals surface area contributed by atoms with E-state index in [-0.39, 0.29) is 29.8 Å². The van der Waals surface area contributed by atoms with Gasteiger partial charge in [-0.1, -0.05) is 20.8 Å². The minimum Gasteiger partial charge on any atom is -0.481 e. The first-order valence-electron chi connectivity index (χ1n) is 7.96. The molecule has 1 saturated carbocycles. The molecule has 0 aromatic carbocycles. The Morgan fingerprint density at radius 2 is 1.86 bits per heavy atom. The smallest absolute Gasteiger partial charge is 0.315 e. The molecule has 0 radical (unpaired) electrons. The van der Waals surface area contributed by atoms with Crippen molar-refractivity contribution >= 4 is 12.0 Å². The maximum atomic E-state index is 11.8. The molecule has 2 amide bonds. The molecule has 0 aromatic heterocycles. The van der Waals surface area contributed by atoms with E-state index in [0.717, 1.165) is 6.42 Å². The molecule has 0 heterocycles. The maximum Gasteiger partial charge on any atom is 0.315 e. The summed E-state index contributed by atoms with van der Waals surface area (Å²) >= 11 is 0. The first-order chi connectivity index (χ1) is 9.70. The Bertz CT molecular complexity index is 359. The standard InChI is InChI=1S/C16H30N2O3/c1-11(12-5-6-12)18-15(21)17-10-9-13(16(2,3)4)7-8-14(19)20/h11-13H,5-10H2,1-4H3,(H,19,20)(H2,17,18,21). The van der Waals surface area contributed by atoms with E-state index < -0.39 is 5.97 Å². The van der Waals surface area contributed by atoms with Crippen LogP contribution in [0.25, 0.3) is 0 Å². The molecular formula is C16H30N2O3. The van der Waals surface area contributed by atoms with Crippen molar-refractivity contribution in [3.05, 3.63) is 0 Å². The lowest BCUT2D eigenvalue weighted by Gasteiger charge is -2.30. The number of nitrogens with one attached hydrogen (secondary N) is 2. The van der Waals surface area contributed by atoms with Crippen LogP contribution in [-0.4, -0.2) is 29.7 Å². The molecule has 1 aliphatic rings. The molecule has 3 N–H and O–H groups in total. The summed E-state index contributed by atoms with van der Waals surface area (Å²) in [5.41, 5.74) is 0.0505. The van der Waals surface area contributed by atoms with Gasteiger partial charge in [-0.15, -0.1) is 0 Å². The van der Waals surface area contributed by atoms with Crippen LogP contribution in [-0.2, 0) is 4.79 Å². The fraction of sp³-hybridized carbons (Fsp3) is 0.875. The molecule has 5 nitrogen and oxygen atoms in total. The van der Waals surface area contributed by atoms with Crippen LogP contribution in [0.5, 0.6) is 0 Å².